The number of likely N-dealkylation sites (N-methyl/N-ethyl adjacent to an activating group) is 2. The summed E-state index contributed by atoms with van der Waals surface area (Å²) in [5.41, 5.74) is -1.93. The van der Waals surface area contributed by atoms with Gasteiger partial charge in [0, 0.05) is 50.7 Å². The first-order valence-electron chi connectivity index (χ1n) is 18.4. The molecule has 0 saturated carbocycles. The van der Waals surface area contributed by atoms with Gasteiger partial charge in [0.15, 0.2) is 11.5 Å². The molecule has 2 aromatic heterocycles. The maximum atomic E-state index is 12.8. The van der Waals surface area contributed by atoms with Crippen molar-refractivity contribution in [3.63, 3.8) is 0 Å². The predicted molar refractivity (Wildman–Crippen MR) is 196 cm³/mol. The zero-order valence-corrected chi connectivity index (χ0v) is 33.7. The number of hydrogen-bond acceptors (Lipinski definition) is 10. The fourth-order valence-electron chi connectivity index (χ4n) is 6.45. The fourth-order valence-corrected chi connectivity index (χ4v) is 6.45. The van der Waals surface area contributed by atoms with Crippen molar-refractivity contribution in [1.82, 2.24) is 30.4 Å². The Labute approximate surface area is 325 Å². The van der Waals surface area contributed by atoms with E-state index in [1.165, 1.54) is 24.5 Å². The zero-order chi connectivity index (χ0) is 42.2. The third-order valence-corrected chi connectivity index (χ3v) is 9.73. The van der Waals surface area contributed by atoms with Crippen molar-refractivity contribution in [2.24, 2.45) is 34.5 Å². The number of nitrogens with one attached hydrogen (secondary N) is 2. The predicted octanol–water partition coefficient (Wildman–Crippen LogP) is 6.18. The molecular formula is C38H56F6N6O6. The molecule has 12 nitrogen and oxygen atoms in total. The van der Waals surface area contributed by atoms with Crippen LogP contribution in [0.1, 0.15) is 55.4 Å². The number of carbonyl (C=O) groups excluding carboxylic acids is 2. The highest BCUT2D eigenvalue weighted by atomic mass is 19.4. The zero-order valence-electron chi connectivity index (χ0n) is 33.7. The molecule has 4 rings (SSSR count). The minimum Gasteiger partial charge on any atom is -0.474 e. The molecule has 0 aliphatic carbocycles. The molecule has 0 unspecified atom stereocenters. The van der Waals surface area contributed by atoms with Crippen molar-refractivity contribution in [3.05, 3.63) is 36.7 Å². The summed E-state index contributed by atoms with van der Waals surface area (Å²) in [7, 11) is 4.03. The largest absolute Gasteiger partial charge is 0.573 e. The molecule has 4 atom stereocenters. The number of halogens is 6. The van der Waals surface area contributed by atoms with E-state index in [1.54, 1.807) is 27.7 Å². The van der Waals surface area contributed by atoms with Crippen LogP contribution in [0, 0.1) is 34.5 Å². The maximum absolute atomic E-state index is 12.8. The third-order valence-electron chi connectivity index (χ3n) is 9.73. The lowest BCUT2D eigenvalue weighted by Gasteiger charge is -2.29. The highest BCUT2D eigenvalue weighted by Gasteiger charge is 2.40. The molecular weight excluding hydrogens is 750 g/mol. The van der Waals surface area contributed by atoms with Crippen LogP contribution in [0.4, 0.5) is 26.3 Å². The number of pyridine rings is 2. The topological polar surface area (TPSA) is 127 Å². The molecule has 0 spiro atoms. The number of nitrogens with zero attached hydrogens (tertiary/aromatic N) is 4. The van der Waals surface area contributed by atoms with E-state index in [9.17, 15) is 35.9 Å². The van der Waals surface area contributed by atoms with E-state index in [0.29, 0.717) is 23.7 Å². The SMILES string of the molecule is CC(C)[C@@H]1CN(C)C[C@H]1NC(=O)C(C)(C)COc1ncccc1OC(F)(F)F.CC(C)[C@H]1CN(C)C[C@@H]1NC(=O)C(C)(C)COc1ncccc1OC(F)(F)F. The van der Waals surface area contributed by atoms with Crippen LogP contribution >= 0.6 is 0 Å². The van der Waals surface area contributed by atoms with Crippen LogP contribution in [0.5, 0.6) is 23.3 Å². The number of aromatic nitrogens is 2. The first-order valence-corrected chi connectivity index (χ1v) is 18.4. The summed E-state index contributed by atoms with van der Waals surface area (Å²) in [6, 6.07) is 4.91. The van der Waals surface area contributed by atoms with E-state index < -0.39 is 35.1 Å². The Morgan fingerprint density at radius 2 is 1.02 bits per heavy atom. The van der Waals surface area contributed by atoms with Crippen LogP contribution < -0.4 is 29.6 Å². The summed E-state index contributed by atoms with van der Waals surface area (Å²) in [4.78, 5) is 37.5. The minimum atomic E-state index is -4.85. The van der Waals surface area contributed by atoms with Crippen molar-refractivity contribution >= 4 is 11.8 Å². The summed E-state index contributed by atoms with van der Waals surface area (Å²) < 4.78 is 93.8. The molecule has 2 amide bonds. The Hall–Kier alpha value is -4.06. The molecule has 2 aromatic rings. The van der Waals surface area contributed by atoms with Crippen molar-refractivity contribution < 1.29 is 54.9 Å². The lowest BCUT2D eigenvalue weighted by atomic mass is 9.88. The Balaban J connectivity index is 0.000000300. The Bertz CT molecular complexity index is 1480. The first kappa shape index (κ1) is 46.3. The van der Waals surface area contributed by atoms with Gasteiger partial charge in [-0.1, -0.05) is 27.7 Å². The van der Waals surface area contributed by atoms with E-state index in [1.807, 2.05) is 14.1 Å². The van der Waals surface area contributed by atoms with Gasteiger partial charge in [-0.15, -0.1) is 26.3 Å². The second-order valence-corrected chi connectivity index (χ2v) is 16.5. The van der Waals surface area contributed by atoms with E-state index in [2.05, 4.69) is 67.6 Å². The van der Waals surface area contributed by atoms with Crippen molar-refractivity contribution in [2.45, 2.75) is 80.2 Å². The van der Waals surface area contributed by atoms with Crippen LogP contribution in [-0.2, 0) is 9.59 Å². The molecule has 2 aliphatic heterocycles. The molecule has 0 bridgehead atoms. The Kier molecular flexibility index (Phi) is 15.7. The average molecular weight is 807 g/mol. The molecule has 0 aromatic carbocycles. The molecule has 2 N–H and O–H groups in total. The Morgan fingerprint density at radius 1 is 0.679 bits per heavy atom. The third kappa shape index (κ3) is 14.2. The lowest BCUT2D eigenvalue weighted by Crippen LogP contribution is -2.49. The summed E-state index contributed by atoms with van der Waals surface area (Å²) >= 11 is 0. The molecule has 2 aliphatic rings. The fraction of sp³-hybridized carbons (Fsp3) is 0.684. The second-order valence-electron chi connectivity index (χ2n) is 16.5. The van der Waals surface area contributed by atoms with Gasteiger partial charge in [0.1, 0.15) is 13.2 Å². The molecule has 0 radical (unpaired) electrons. The van der Waals surface area contributed by atoms with Gasteiger partial charge in [-0.05, 0) is 89.7 Å². The number of hydrogen-bond donors (Lipinski definition) is 2. The van der Waals surface area contributed by atoms with E-state index in [4.69, 9.17) is 9.47 Å². The van der Waals surface area contributed by atoms with Crippen LogP contribution in [0.3, 0.4) is 0 Å². The van der Waals surface area contributed by atoms with Gasteiger partial charge in [0.05, 0.1) is 10.8 Å². The van der Waals surface area contributed by atoms with Crippen molar-refractivity contribution in [3.8, 4) is 23.3 Å². The van der Waals surface area contributed by atoms with Crippen LogP contribution in [0.15, 0.2) is 36.7 Å². The quantitative estimate of drug-likeness (QED) is 0.214. The molecule has 56 heavy (non-hydrogen) atoms. The van der Waals surface area contributed by atoms with Gasteiger partial charge >= 0.3 is 12.7 Å². The number of carbonyl (C=O) groups is 2. The van der Waals surface area contributed by atoms with Crippen molar-refractivity contribution in [2.75, 3.05) is 53.5 Å². The Morgan fingerprint density at radius 3 is 1.32 bits per heavy atom. The van der Waals surface area contributed by atoms with E-state index in [0.717, 1.165) is 38.3 Å². The monoisotopic (exact) mass is 806 g/mol. The summed E-state index contributed by atoms with van der Waals surface area (Å²) in [5, 5.41) is 6.16. The van der Waals surface area contributed by atoms with Crippen LogP contribution in [0.25, 0.3) is 0 Å². The summed E-state index contributed by atoms with van der Waals surface area (Å²) in [6.07, 6.45) is -7.11. The number of amides is 2. The highest BCUT2D eigenvalue weighted by molar-refractivity contribution is 5.83. The average Bonchev–Trinajstić information content (AvgIpc) is 3.64. The number of alkyl halides is 6. The molecule has 18 heteroatoms. The van der Waals surface area contributed by atoms with Gasteiger partial charge in [0.2, 0.25) is 11.8 Å². The minimum absolute atomic E-state index is 0.0238. The van der Waals surface area contributed by atoms with E-state index in [-0.39, 0.29) is 48.9 Å². The van der Waals surface area contributed by atoms with Crippen LogP contribution in [0.2, 0.25) is 0 Å². The standard InChI is InChI=1S/2C19H28F3N3O3/c2*1-12(2)13-9-25(5)10-14(13)24-17(26)18(3,4)11-27-16-15(7-6-8-23-16)28-19(20,21)22/h2*6-8,12-14H,9-11H2,1-5H3,(H,24,26)/t2*13-,14+/m10/s1. The first-order chi connectivity index (χ1) is 25.8. The lowest BCUT2D eigenvalue weighted by molar-refractivity contribution is -0.276. The van der Waals surface area contributed by atoms with Crippen molar-refractivity contribution in [1.29, 1.82) is 0 Å². The van der Waals surface area contributed by atoms with Crippen LogP contribution in [-0.4, -0.2) is 110 Å². The van der Waals surface area contributed by atoms with E-state index >= 15 is 0 Å². The molecule has 2 fully saturated rings. The highest BCUT2D eigenvalue weighted by Crippen LogP contribution is 2.33. The number of ether oxygens (including phenoxy) is 4. The summed E-state index contributed by atoms with van der Waals surface area (Å²) in [5.74, 6) is -0.591. The molecule has 2 saturated heterocycles. The van der Waals surface area contributed by atoms with Gasteiger partial charge < -0.3 is 39.4 Å². The van der Waals surface area contributed by atoms with Gasteiger partial charge in [-0.2, -0.15) is 0 Å². The van der Waals surface area contributed by atoms with Gasteiger partial charge in [-0.25, -0.2) is 9.97 Å². The molecule has 316 valence electrons. The normalized spacial score (nSPS) is 21.0. The smallest absolute Gasteiger partial charge is 0.474 e. The second kappa shape index (κ2) is 18.9. The number of rotatable bonds is 14. The van der Waals surface area contributed by atoms with Gasteiger partial charge in [0.25, 0.3) is 11.8 Å². The summed E-state index contributed by atoms with van der Waals surface area (Å²) in [6.45, 7) is 18.3. The molecule has 4 heterocycles. The van der Waals surface area contributed by atoms with Gasteiger partial charge in [-0.3, -0.25) is 9.59 Å². The number of likely N-dealkylation sites (tertiary alicyclic amines) is 2. The maximum Gasteiger partial charge on any atom is 0.573 e.